The fourth-order valence-electron chi connectivity index (χ4n) is 3.34. The van der Waals surface area contributed by atoms with E-state index in [1.54, 1.807) is 6.07 Å². The molecule has 2 aliphatic carbocycles. The first-order chi connectivity index (χ1) is 11.4. The lowest BCUT2D eigenvalue weighted by Gasteiger charge is -2.34. The Morgan fingerprint density at radius 2 is 2.00 bits per heavy atom. The fourth-order valence-corrected chi connectivity index (χ4v) is 3.34. The zero-order valence-corrected chi connectivity index (χ0v) is 13.9. The molecular formula is C17H26N4O3. The van der Waals surface area contributed by atoms with Gasteiger partial charge >= 0.3 is 0 Å². The molecule has 0 aromatic carbocycles. The van der Waals surface area contributed by atoms with E-state index in [0.29, 0.717) is 29.4 Å². The van der Waals surface area contributed by atoms with Crippen molar-refractivity contribution in [3.63, 3.8) is 0 Å². The molecule has 0 radical (unpaired) electrons. The highest BCUT2D eigenvalue weighted by atomic mass is 16.3. The van der Waals surface area contributed by atoms with E-state index in [9.17, 15) is 15.0 Å². The second-order valence-corrected chi connectivity index (χ2v) is 7.07. The molecule has 0 aliphatic heterocycles. The van der Waals surface area contributed by atoms with Gasteiger partial charge in [0.05, 0.1) is 29.5 Å². The molecule has 0 saturated heterocycles. The lowest BCUT2D eigenvalue weighted by Crippen LogP contribution is -2.43. The summed E-state index contributed by atoms with van der Waals surface area (Å²) >= 11 is 0. The van der Waals surface area contributed by atoms with Gasteiger partial charge < -0.3 is 26.6 Å². The highest BCUT2D eigenvalue weighted by molar-refractivity contribution is 5.98. The van der Waals surface area contributed by atoms with Gasteiger partial charge in [0.1, 0.15) is 5.82 Å². The average molecular weight is 334 g/mol. The zero-order chi connectivity index (χ0) is 17.3. The van der Waals surface area contributed by atoms with Gasteiger partial charge in [0.25, 0.3) is 5.91 Å². The van der Waals surface area contributed by atoms with Crippen LogP contribution >= 0.6 is 0 Å². The van der Waals surface area contributed by atoms with Crippen molar-refractivity contribution < 1.29 is 15.0 Å². The van der Waals surface area contributed by atoms with Crippen molar-refractivity contribution in [2.24, 2.45) is 11.7 Å². The molecule has 7 heteroatoms. The molecule has 2 unspecified atom stereocenters. The number of carbonyl (C=O) groups excluding carboxylic acids is 1. The average Bonchev–Trinajstić information content (AvgIpc) is 2.54. The number of nitrogens with two attached hydrogens (primary N) is 1. The van der Waals surface area contributed by atoms with Crippen LogP contribution in [0.3, 0.4) is 0 Å². The van der Waals surface area contributed by atoms with E-state index in [-0.39, 0.29) is 24.3 Å². The molecule has 7 nitrogen and oxygen atoms in total. The van der Waals surface area contributed by atoms with Crippen LogP contribution in [-0.2, 0) is 0 Å². The van der Waals surface area contributed by atoms with Gasteiger partial charge in [-0.2, -0.15) is 0 Å². The van der Waals surface area contributed by atoms with Crippen molar-refractivity contribution in [1.82, 2.24) is 4.98 Å². The Hall–Kier alpha value is -1.86. The van der Waals surface area contributed by atoms with Crippen LogP contribution < -0.4 is 16.4 Å². The number of hydrogen-bond acceptors (Lipinski definition) is 6. The smallest absolute Gasteiger partial charge is 0.252 e. The topological polar surface area (TPSA) is 121 Å². The minimum absolute atomic E-state index is 0.00197. The maximum absolute atomic E-state index is 11.7. The van der Waals surface area contributed by atoms with E-state index in [2.05, 4.69) is 15.6 Å². The number of hydrogen-bond donors (Lipinski definition) is 5. The van der Waals surface area contributed by atoms with E-state index in [0.717, 1.165) is 25.7 Å². The summed E-state index contributed by atoms with van der Waals surface area (Å²) in [6.07, 6.45) is 4.98. The molecule has 2 saturated carbocycles. The number of primary amides is 1. The molecular weight excluding hydrogens is 308 g/mol. The van der Waals surface area contributed by atoms with Gasteiger partial charge in [-0.3, -0.25) is 4.79 Å². The molecule has 24 heavy (non-hydrogen) atoms. The maximum Gasteiger partial charge on any atom is 0.252 e. The highest BCUT2D eigenvalue weighted by Gasteiger charge is 2.30. The number of aromatic nitrogens is 1. The minimum atomic E-state index is -0.537. The molecule has 2 fully saturated rings. The predicted molar refractivity (Wildman–Crippen MR) is 91.8 cm³/mol. The lowest BCUT2D eigenvalue weighted by atomic mass is 9.84. The molecule has 0 bridgehead atoms. The third kappa shape index (κ3) is 3.62. The summed E-state index contributed by atoms with van der Waals surface area (Å²) in [4.78, 5) is 15.9. The third-order valence-electron chi connectivity index (χ3n) is 5.25. The number of carbonyl (C=O) groups is 1. The molecule has 1 aromatic heterocycles. The minimum Gasteiger partial charge on any atom is -0.393 e. The van der Waals surface area contributed by atoms with Gasteiger partial charge in [0.2, 0.25) is 0 Å². The Balaban J connectivity index is 1.74. The SMILES string of the molecule is C[C@@H]1CC[C@@H](Nc2cc(NC3CCC3O)ncc2C(N)=O)C[C@H]1O. The zero-order valence-electron chi connectivity index (χ0n) is 13.9. The summed E-state index contributed by atoms with van der Waals surface area (Å²) in [5.41, 5.74) is 6.41. The summed E-state index contributed by atoms with van der Waals surface area (Å²) < 4.78 is 0. The number of nitrogens with one attached hydrogen (secondary N) is 2. The van der Waals surface area contributed by atoms with E-state index in [1.807, 2.05) is 6.92 Å². The van der Waals surface area contributed by atoms with Crippen LogP contribution in [0.1, 0.15) is 49.4 Å². The predicted octanol–water partition coefficient (Wildman–Crippen LogP) is 1.08. The number of nitrogens with zero attached hydrogens (tertiary/aromatic N) is 1. The third-order valence-corrected chi connectivity index (χ3v) is 5.25. The van der Waals surface area contributed by atoms with Gasteiger partial charge in [-0.1, -0.05) is 6.92 Å². The highest BCUT2D eigenvalue weighted by Crippen LogP contribution is 2.29. The monoisotopic (exact) mass is 334 g/mol. The van der Waals surface area contributed by atoms with Crippen molar-refractivity contribution in [2.45, 2.75) is 63.3 Å². The van der Waals surface area contributed by atoms with Crippen molar-refractivity contribution >= 4 is 17.4 Å². The van der Waals surface area contributed by atoms with Crippen molar-refractivity contribution in [3.05, 3.63) is 17.8 Å². The molecule has 1 aromatic rings. The number of rotatable bonds is 5. The van der Waals surface area contributed by atoms with Gasteiger partial charge in [0, 0.05) is 18.3 Å². The van der Waals surface area contributed by atoms with Crippen LogP contribution in [0, 0.1) is 5.92 Å². The molecule has 1 heterocycles. The second kappa shape index (κ2) is 6.94. The standard InChI is InChI=1S/C17H26N4O3/c1-9-2-3-10(6-15(9)23)20-13-7-16(19-8-11(13)17(18)24)21-12-4-5-14(12)22/h7-10,12,14-15,22-23H,2-6H2,1H3,(H2,18,24)(H2,19,20,21)/t9-,10-,12?,14?,15-/m1/s1. The molecule has 6 N–H and O–H groups in total. The van der Waals surface area contributed by atoms with Gasteiger partial charge in [-0.05, 0) is 38.0 Å². The molecule has 3 rings (SSSR count). The van der Waals surface area contributed by atoms with E-state index < -0.39 is 5.91 Å². The van der Waals surface area contributed by atoms with Crippen LogP contribution in [0.15, 0.2) is 12.3 Å². The molecule has 0 spiro atoms. The second-order valence-electron chi connectivity index (χ2n) is 7.07. The maximum atomic E-state index is 11.7. The summed E-state index contributed by atoms with van der Waals surface area (Å²) in [6, 6.07) is 1.86. The summed E-state index contributed by atoms with van der Waals surface area (Å²) in [5, 5.41) is 26.3. The quantitative estimate of drug-likeness (QED) is 0.549. The lowest BCUT2D eigenvalue weighted by molar-refractivity contribution is 0.0739. The summed E-state index contributed by atoms with van der Waals surface area (Å²) in [6.45, 7) is 2.05. The number of anilines is 2. The van der Waals surface area contributed by atoms with E-state index in [4.69, 9.17) is 5.73 Å². The Morgan fingerprint density at radius 1 is 1.21 bits per heavy atom. The number of pyridine rings is 1. The number of aliphatic hydroxyl groups is 2. The van der Waals surface area contributed by atoms with Crippen molar-refractivity contribution in [2.75, 3.05) is 10.6 Å². The first kappa shape index (κ1) is 17.0. The van der Waals surface area contributed by atoms with Crippen LogP contribution in [0.2, 0.25) is 0 Å². The summed E-state index contributed by atoms with van der Waals surface area (Å²) in [7, 11) is 0. The first-order valence-electron chi connectivity index (χ1n) is 8.63. The van der Waals surface area contributed by atoms with Gasteiger partial charge in [-0.15, -0.1) is 0 Å². The van der Waals surface area contributed by atoms with Crippen molar-refractivity contribution in [3.8, 4) is 0 Å². The normalized spacial score (nSPS) is 32.7. The number of amides is 1. The van der Waals surface area contributed by atoms with Crippen LogP contribution in [0.25, 0.3) is 0 Å². The Morgan fingerprint density at radius 3 is 2.58 bits per heavy atom. The van der Waals surface area contributed by atoms with E-state index in [1.165, 1.54) is 6.20 Å². The summed E-state index contributed by atoms with van der Waals surface area (Å²) in [5.74, 6) is 0.370. The molecule has 2 aliphatic rings. The Kier molecular flexibility index (Phi) is 4.91. The van der Waals surface area contributed by atoms with Crippen molar-refractivity contribution in [1.29, 1.82) is 0 Å². The number of aliphatic hydroxyl groups excluding tert-OH is 2. The largest absolute Gasteiger partial charge is 0.393 e. The van der Waals surface area contributed by atoms with Gasteiger partial charge in [-0.25, -0.2) is 4.98 Å². The molecule has 132 valence electrons. The first-order valence-corrected chi connectivity index (χ1v) is 8.63. The van der Waals surface area contributed by atoms with Crippen LogP contribution in [0.5, 0.6) is 0 Å². The van der Waals surface area contributed by atoms with Crippen LogP contribution in [-0.4, -0.2) is 45.4 Å². The van der Waals surface area contributed by atoms with Gasteiger partial charge in [0.15, 0.2) is 0 Å². The molecule has 5 atom stereocenters. The van der Waals surface area contributed by atoms with Crippen LogP contribution in [0.4, 0.5) is 11.5 Å². The molecule has 1 amide bonds. The van der Waals surface area contributed by atoms with E-state index >= 15 is 0 Å². The Bertz CT molecular complexity index is 609. The Labute approximate surface area is 141 Å². The fraction of sp³-hybridized carbons (Fsp3) is 0.647.